The van der Waals surface area contributed by atoms with Gasteiger partial charge in [0.1, 0.15) is 0 Å². The normalized spacial score (nSPS) is 11.3. The van der Waals surface area contributed by atoms with Gasteiger partial charge in [0.25, 0.3) is 0 Å². The summed E-state index contributed by atoms with van der Waals surface area (Å²) in [5.41, 5.74) is 24.2. The molecule has 36 heavy (non-hydrogen) atoms. The van der Waals surface area contributed by atoms with E-state index in [0.29, 0.717) is 0 Å². The fourth-order valence-corrected chi connectivity index (χ4v) is 5.36. The van der Waals surface area contributed by atoms with Gasteiger partial charge in [0.15, 0.2) is 0 Å². The van der Waals surface area contributed by atoms with Crippen LogP contribution in [0.15, 0.2) is 109 Å². The third kappa shape index (κ3) is 3.59. The zero-order valence-corrected chi connectivity index (χ0v) is 20.5. The van der Waals surface area contributed by atoms with E-state index in [1.54, 1.807) is 0 Å². The first-order valence-corrected chi connectivity index (χ1v) is 12.3. The van der Waals surface area contributed by atoms with E-state index in [-0.39, 0.29) is 0 Å². The molecule has 0 unspecified atom stereocenters. The maximum Gasteiger partial charge on any atom is 0.0400 e. The summed E-state index contributed by atoms with van der Waals surface area (Å²) in [4.78, 5) is 0. The van der Waals surface area contributed by atoms with Crippen molar-refractivity contribution in [2.24, 2.45) is 0 Å². The molecule has 0 atom stereocenters. The summed E-state index contributed by atoms with van der Waals surface area (Å²) in [6, 6.07) is 38.5. The smallest absolute Gasteiger partial charge is 0.0400 e. The van der Waals surface area contributed by atoms with Crippen LogP contribution in [0, 0.1) is 13.8 Å². The minimum absolute atomic E-state index is 0.785. The van der Waals surface area contributed by atoms with Gasteiger partial charge in [0.05, 0.1) is 0 Å². The number of hydrogen-bond donors (Lipinski definition) is 2. The van der Waals surface area contributed by atoms with Crippen LogP contribution in [0.1, 0.15) is 11.1 Å². The van der Waals surface area contributed by atoms with Crippen LogP contribution in [-0.4, -0.2) is 0 Å². The molecule has 0 radical (unpaired) electrons. The highest BCUT2D eigenvalue weighted by Gasteiger charge is 2.21. The highest BCUT2D eigenvalue weighted by atomic mass is 14.6. The quantitative estimate of drug-likeness (QED) is 0.257. The summed E-state index contributed by atoms with van der Waals surface area (Å²) in [5.74, 6) is 0. The van der Waals surface area contributed by atoms with Crippen molar-refractivity contribution in [3.05, 3.63) is 120 Å². The van der Waals surface area contributed by atoms with Gasteiger partial charge in [-0.3, -0.25) is 0 Å². The van der Waals surface area contributed by atoms with E-state index in [4.69, 9.17) is 11.5 Å². The molecule has 4 N–H and O–H groups in total. The molecule has 174 valence electrons. The summed E-state index contributed by atoms with van der Waals surface area (Å²) in [6.07, 6.45) is 0. The third-order valence-electron chi connectivity index (χ3n) is 7.07. The number of nitrogens with two attached hydrogens (primary N) is 2. The molecule has 0 saturated carbocycles. The minimum Gasteiger partial charge on any atom is -0.398 e. The van der Waals surface area contributed by atoms with Crippen LogP contribution in [0.5, 0.6) is 0 Å². The molecule has 0 fully saturated rings. The molecule has 2 heteroatoms. The molecule has 0 aliphatic carbocycles. The lowest BCUT2D eigenvalue weighted by Crippen LogP contribution is -1.98. The summed E-state index contributed by atoms with van der Waals surface area (Å²) in [5, 5.41) is 4.42. The Morgan fingerprint density at radius 2 is 0.806 bits per heavy atom. The first-order chi connectivity index (χ1) is 17.5. The fourth-order valence-electron chi connectivity index (χ4n) is 5.36. The zero-order chi connectivity index (χ0) is 24.8. The van der Waals surface area contributed by atoms with Crippen molar-refractivity contribution in [1.29, 1.82) is 0 Å². The van der Waals surface area contributed by atoms with E-state index in [9.17, 15) is 0 Å². The predicted octanol–water partition coefficient (Wildman–Crippen LogP) is 8.78. The van der Waals surface area contributed by atoms with Crippen molar-refractivity contribution in [1.82, 2.24) is 0 Å². The fraction of sp³-hybridized carbons (Fsp3) is 0.0588. The molecule has 6 rings (SSSR count). The second kappa shape index (κ2) is 8.58. The number of hydrogen-bond acceptors (Lipinski definition) is 2. The number of fused-ring (bicyclic) bond motifs is 2. The van der Waals surface area contributed by atoms with E-state index in [2.05, 4.69) is 111 Å². The molecule has 0 bridgehead atoms. The van der Waals surface area contributed by atoms with Crippen LogP contribution < -0.4 is 11.5 Å². The standard InChI is InChI=1S/C34H28N2/c1-21-13-15-25-29(17-21)31(35)19-27(23-9-5-3-6-10-23)33(25)34-26-16-14-22(2)18-30(26)32(36)20-28(34)24-11-7-4-8-12-24/h3-20H,35-36H2,1-2H3. The highest BCUT2D eigenvalue weighted by molar-refractivity contribution is 6.19. The largest absolute Gasteiger partial charge is 0.398 e. The second-order valence-electron chi connectivity index (χ2n) is 9.61. The molecule has 0 heterocycles. The van der Waals surface area contributed by atoms with Crippen LogP contribution in [-0.2, 0) is 0 Å². The summed E-state index contributed by atoms with van der Waals surface area (Å²) >= 11 is 0. The lowest BCUT2D eigenvalue weighted by Gasteiger charge is -2.22. The van der Waals surface area contributed by atoms with Crippen molar-refractivity contribution in [3.63, 3.8) is 0 Å². The minimum atomic E-state index is 0.785. The predicted molar refractivity (Wildman–Crippen MR) is 156 cm³/mol. The van der Waals surface area contributed by atoms with Gasteiger partial charge < -0.3 is 11.5 Å². The Morgan fingerprint density at radius 3 is 1.19 bits per heavy atom. The first-order valence-electron chi connectivity index (χ1n) is 12.3. The molecule has 0 aromatic heterocycles. The van der Waals surface area contributed by atoms with E-state index in [1.807, 2.05) is 12.1 Å². The molecule has 0 aliphatic heterocycles. The van der Waals surface area contributed by atoms with Crippen LogP contribution in [0.25, 0.3) is 54.9 Å². The van der Waals surface area contributed by atoms with Crippen LogP contribution in [0.4, 0.5) is 11.4 Å². The van der Waals surface area contributed by atoms with E-state index < -0.39 is 0 Å². The second-order valence-corrected chi connectivity index (χ2v) is 9.61. The molecule has 6 aromatic carbocycles. The van der Waals surface area contributed by atoms with Crippen molar-refractivity contribution in [2.75, 3.05) is 11.5 Å². The molecule has 0 amide bonds. The number of anilines is 2. The Hall–Kier alpha value is -4.56. The Morgan fingerprint density at radius 1 is 0.417 bits per heavy atom. The summed E-state index contributed by atoms with van der Waals surface area (Å²) in [6.45, 7) is 4.22. The summed E-state index contributed by atoms with van der Waals surface area (Å²) < 4.78 is 0. The number of benzene rings is 6. The van der Waals surface area contributed by atoms with Crippen LogP contribution >= 0.6 is 0 Å². The average molecular weight is 465 g/mol. The molecule has 2 nitrogen and oxygen atoms in total. The molecule has 6 aromatic rings. The number of nitrogen functional groups attached to an aromatic ring is 2. The van der Waals surface area contributed by atoms with Crippen LogP contribution in [0.3, 0.4) is 0 Å². The molecule has 0 aliphatic rings. The monoisotopic (exact) mass is 464 g/mol. The highest BCUT2D eigenvalue weighted by Crippen LogP contribution is 2.48. The summed E-state index contributed by atoms with van der Waals surface area (Å²) in [7, 11) is 0. The van der Waals surface area contributed by atoms with Gasteiger partial charge in [-0.15, -0.1) is 0 Å². The van der Waals surface area contributed by atoms with Gasteiger partial charge in [0, 0.05) is 22.1 Å². The topological polar surface area (TPSA) is 52.0 Å². The van der Waals surface area contributed by atoms with Crippen molar-refractivity contribution >= 4 is 32.9 Å². The van der Waals surface area contributed by atoms with E-state index in [1.165, 1.54) is 22.3 Å². The van der Waals surface area contributed by atoms with Crippen LogP contribution in [0.2, 0.25) is 0 Å². The Balaban J connectivity index is 1.87. The van der Waals surface area contributed by atoms with E-state index in [0.717, 1.165) is 55.2 Å². The van der Waals surface area contributed by atoms with Gasteiger partial charge in [-0.05, 0) is 82.3 Å². The number of aryl methyl sites for hydroxylation is 2. The molecule has 0 saturated heterocycles. The maximum absolute atomic E-state index is 6.70. The molecular weight excluding hydrogens is 436 g/mol. The lowest BCUT2D eigenvalue weighted by molar-refractivity contribution is 1.50. The molecule has 0 spiro atoms. The van der Waals surface area contributed by atoms with Crippen molar-refractivity contribution in [2.45, 2.75) is 13.8 Å². The average Bonchev–Trinajstić information content (AvgIpc) is 2.90. The van der Waals surface area contributed by atoms with Gasteiger partial charge in [0.2, 0.25) is 0 Å². The van der Waals surface area contributed by atoms with Gasteiger partial charge in [-0.1, -0.05) is 96.1 Å². The maximum atomic E-state index is 6.70. The Bertz CT molecular complexity index is 1620. The third-order valence-corrected chi connectivity index (χ3v) is 7.07. The molecular formula is C34H28N2. The Labute approximate surface area is 211 Å². The SMILES string of the molecule is Cc1ccc2c(-c3c(-c4ccccc4)cc(N)c4cc(C)ccc34)c(-c3ccccc3)cc(N)c2c1. The lowest BCUT2D eigenvalue weighted by atomic mass is 9.82. The van der Waals surface area contributed by atoms with Gasteiger partial charge in [-0.25, -0.2) is 0 Å². The first kappa shape index (κ1) is 21.9. The zero-order valence-electron chi connectivity index (χ0n) is 20.5. The van der Waals surface area contributed by atoms with Gasteiger partial charge in [-0.2, -0.15) is 0 Å². The van der Waals surface area contributed by atoms with E-state index >= 15 is 0 Å². The Kier molecular flexibility index (Phi) is 5.23. The number of rotatable bonds is 3. The van der Waals surface area contributed by atoms with Crippen molar-refractivity contribution in [3.8, 4) is 33.4 Å². The van der Waals surface area contributed by atoms with Crippen molar-refractivity contribution < 1.29 is 0 Å². The van der Waals surface area contributed by atoms with Gasteiger partial charge >= 0.3 is 0 Å².